The second kappa shape index (κ2) is 3.87. The molecule has 1 aromatic heterocycles. The van der Waals surface area contributed by atoms with Crippen LogP contribution in [0.3, 0.4) is 0 Å². The Bertz CT molecular complexity index is 463. The summed E-state index contributed by atoms with van der Waals surface area (Å²) in [5.74, 6) is 0. The summed E-state index contributed by atoms with van der Waals surface area (Å²) in [5, 5.41) is 4.35. The van der Waals surface area contributed by atoms with Crippen LogP contribution in [0.4, 0.5) is 0 Å². The lowest BCUT2D eigenvalue weighted by Crippen LogP contribution is -1.88. The summed E-state index contributed by atoms with van der Waals surface area (Å²) in [6, 6.07) is 8.05. The van der Waals surface area contributed by atoms with Crippen molar-refractivity contribution in [3.8, 4) is 11.3 Å². The lowest BCUT2D eigenvalue weighted by atomic mass is 10.2. The molecule has 0 unspecified atom stereocenters. The molecule has 0 amide bonds. The highest BCUT2D eigenvalue weighted by Crippen LogP contribution is 2.29. The molecular formula is C10H8Br2N2. The normalized spacial score (nSPS) is 10.5. The van der Waals surface area contributed by atoms with Crippen molar-refractivity contribution in [1.82, 2.24) is 9.78 Å². The molecule has 0 aliphatic rings. The molecule has 0 saturated heterocycles. The minimum atomic E-state index is 0.973. The van der Waals surface area contributed by atoms with Crippen LogP contribution in [0.2, 0.25) is 0 Å². The minimum Gasteiger partial charge on any atom is -0.275 e. The quantitative estimate of drug-likeness (QED) is 0.786. The second-order valence-corrected chi connectivity index (χ2v) is 4.77. The van der Waals surface area contributed by atoms with Crippen molar-refractivity contribution in [2.24, 2.45) is 7.05 Å². The SMILES string of the molecule is Cn1ccc(-c2cc(Br)ccc2Br)n1. The number of benzene rings is 1. The van der Waals surface area contributed by atoms with Gasteiger partial charge in [0.15, 0.2) is 0 Å². The summed E-state index contributed by atoms with van der Waals surface area (Å²) in [6.45, 7) is 0. The van der Waals surface area contributed by atoms with E-state index in [0.717, 1.165) is 20.2 Å². The molecule has 0 bridgehead atoms. The van der Waals surface area contributed by atoms with Gasteiger partial charge in [0, 0.05) is 27.8 Å². The van der Waals surface area contributed by atoms with Crippen molar-refractivity contribution in [1.29, 1.82) is 0 Å². The van der Waals surface area contributed by atoms with Gasteiger partial charge in [-0.15, -0.1) is 0 Å². The molecule has 0 N–H and O–H groups in total. The first kappa shape index (κ1) is 9.93. The maximum atomic E-state index is 4.35. The van der Waals surface area contributed by atoms with Crippen molar-refractivity contribution < 1.29 is 0 Å². The fraction of sp³-hybridized carbons (Fsp3) is 0.100. The zero-order valence-corrected chi connectivity index (χ0v) is 10.7. The first-order valence-electron chi connectivity index (χ1n) is 4.12. The van der Waals surface area contributed by atoms with Crippen molar-refractivity contribution in [3.63, 3.8) is 0 Å². The zero-order chi connectivity index (χ0) is 10.1. The van der Waals surface area contributed by atoms with Crippen LogP contribution < -0.4 is 0 Å². The van der Waals surface area contributed by atoms with E-state index in [9.17, 15) is 0 Å². The fourth-order valence-electron chi connectivity index (χ4n) is 1.25. The van der Waals surface area contributed by atoms with Crippen LogP contribution in [0, 0.1) is 0 Å². The summed E-state index contributed by atoms with van der Waals surface area (Å²) >= 11 is 6.95. The molecule has 1 heterocycles. The van der Waals surface area contributed by atoms with Crippen molar-refractivity contribution >= 4 is 31.9 Å². The van der Waals surface area contributed by atoms with Crippen LogP contribution in [0.25, 0.3) is 11.3 Å². The Labute approximate surface area is 99.2 Å². The maximum Gasteiger partial charge on any atom is 0.0934 e. The molecule has 0 aliphatic heterocycles. The number of hydrogen-bond acceptors (Lipinski definition) is 1. The van der Waals surface area contributed by atoms with Crippen LogP contribution in [0.5, 0.6) is 0 Å². The van der Waals surface area contributed by atoms with Crippen LogP contribution in [-0.2, 0) is 7.05 Å². The first-order valence-corrected chi connectivity index (χ1v) is 5.70. The number of halogens is 2. The highest BCUT2D eigenvalue weighted by atomic mass is 79.9. The Morgan fingerprint density at radius 3 is 2.64 bits per heavy atom. The smallest absolute Gasteiger partial charge is 0.0934 e. The average Bonchev–Trinajstić information content (AvgIpc) is 2.56. The van der Waals surface area contributed by atoms with Crippen LogP contribution in [-0.4, -0.2) is 9.78 Å². The van der Waals surface area contributed by atoms with Crippen LogP contribution in [0.1, 0.15) is 0 Å². The molecule has 0 aliphatic carbocycles. The van der Waals surface area contributed by atoms with Crippen molar-refractivity contribution in [2.75, 3.05) is 0 Å². The van der Waals surface area contributed by atoms with Gasteiger partial charge >= 0.3 is 0 Å². The number of aryl methyl sites for hydroxylation is 1. The number of hydrogen-bond donors (Lipinski definition) is 0. The standard InChI is InChI=1S/C10H8Br2N2/c1-14-5-4-10(13-14)8-6-7(11)2-3-9(8)12/h2-6H,1H3. The molecule has 2 nitrogen and oxygen atoms in total. The van der Waals surface area contributed by atoms with E-state index in [4.69, 9.17) is 0 Å². The molecule has 1 aromatic carbocycles. The summed E-state index contributed by atoms with van der Waals surface area (Å²) in [6.07, 6.45) is 1.93. The fourth-order valence-corrected chi connectivity index (χ4v) is 2.06. The van der Waals surface area contributed by atoms with Crippen LogP contribution >= 0.6 is 31.9 Å². The summed E-state index contributed by atoms with van der Waals surface area (Å²) in [5.41, 5.74) is 2.07. The summed E-state index contributed by atoms with van der Waals surface area (Å²) in [7, 11) is 1.91. The molecule has 4 heteroatoms. The molecule has 2 rings (SSSR count). The third kappa shape index (κ3) is 1.91. The highest BCUT2D eigenvalue weighted by molar-refractivity contribution is 9.11. The Morgan fingerprint density at radius 2 is 2.00 bits per heavy atom. The Balaban J connectivity index is 2.55. The molecule has 0 radical (unpaired) electrons. The third-order valence-electron chi connectivity index (χ3n) is 1.92. The lowest BCUT2D eigenvalue weighted by molar-refractivity contribution is 0.771. The van der Waals surface area contributed by atoms with Gasteiger partial charge in [-0.05, 0) is 24.3 Å². The van der Waals surface area contributed by atoms with Crippen molar-refractivity contribution in [2.45, 2.75) is 0 Å². The zero-order valence-electron chi connectivity index (χ0n) is 7.54. The summed E-state index contributed by atoms with van der Waals surface area (Å²) < 4.78 is 3.91. The van der Waals surface area contributed by atoms with E-state index in [-0.39, 0.29) is 0 Å². The Morgan fingerprint density at radius 1 is 1.21 bits per heavy atom. The van der Waals surface area contributed by atoms with E-state index >= 15 is 0 Å². The topological polar surface area (TPSA) is 17.8 Å². The molecular weight excluding hydrogens is 308 g/mol. The summed E-state index contributed by atoms with van der Waals surface area (Å²) in [4.78, 5) is 0. The molecule has 0 fully saturated rings. The highest BCUT2D eigenvalue weighted by Gasteiger charge is 2.05. The molecule has 72 valence electrons. The molecule has 2 aromatic rings. The Kier molecular flexibility index (Phi) is 2.74. The molecule has 14 heavy (non-hydrogen) atoms. The molecule has 0 spiro atoms. The maximum absolute atomic E-state index is 4.35. The molecule has 0 saturated carbocycles. The van der Waals surface area contributed by atoms with Gasteiger partial charge in [-0.3, -0.25) is 4.68 Å². The van der Waals surface area contributed by atoms with E-state index in [1.807, 2.05) is 37.5 Å². The lowest BCUT2D eigenvalue weighted by Gasteiger charge is -2.01. The predicted octanol–water partition coefficient (Wildman–Crippen LogP) is 3.61. The van der Waals surface area contributed by atoms with E-state index < -0.39 is 0 Å². The van der Waals surface area contributed by atoms with E-state index in [1.54, 1.807) is 4.68 Å². The van der Waals surface area contributed by atoms with Crippen molar-refractivity contribution in [3.05, 3.63) is 39.4 Å². The monoisotopic (exact) mass is 314 g/mol. The largest absolute Gasteiger partial charge is 0.275 e. The average molecular weight is 316 g/mol. The van der Waals surface area contributed by atoms with Gasteiger partial charge in [0.1, 0.15) is 0 Å². The van der Waals surface area contributed by atoms with Gasteiger partial charge in [0.05, 0.1) is 5.69 Å². The van der Waals surface area contributed by atoms with Gasteiger partial charge in [-0.1, -0.05) is 31.9 Å². The molecule has 0 atom stereocenters. The van der Waals surface area contributed by atoms with Gasteiger partial charge in [0.2, 0.25) is 0 Å². The Hall–Kier alpha value is -0.610. The number of rotatable bonds is 1. The minimum absolute atomic E-state index is 0.973. The number of nitrogens with zero attached hydrogens (tertiary/aromatic N) is 2. The van der Waals surface area contributed by atoms with E-state index in [2.05, 4.69) is 37.0 Å². The predicted molar refractivity (Wildman–Crippen MR) is 64.0 cm³/mol. The van der Waals surface area contributed by atoms with Crippen LogP contribution in [0.15, 0.2) is 39.4 Å². The van der Waals surface area contributed by atoms with Gasteiger partial charge in [0.25, 0.3) is 0 Å². The van der Waals surface area contributed by atoms with E-state index in [0.29, 0.717) is 0 Å². The number of aromatic nitrogens is 2. The van der Waals surface area contributed by atoms with E-state index in [1.165, 1.54) is 0 Å². The van der Waals surface area contributed by atoms with Gasteiger partial charge in [-0.2, -0.15) is 5.10 Å². The van der Waals surface area contributed by atoms with Gasteiger partial charge < -0.3 is 0 Å². The first-order chi connectivity index (χ1) is 6.66. The second-order valence-electron chi connectivity index (χ2n) is 3.00. The van der Waals surface area contributed by atoms with Gasteiger partial charge in [-0.25, -0.2) is 0 Å². The third-order valence-corrected chi connectivity index (χ3v) is 3.10.